The number of hydrogen-bond donors (Lipinski definition) is 1. The van der Waals surface area contributed by atoms with Crippen LogP contribution in [-0.2, 0) is 9.53 Å². The minimum Gasteiger partial charge on any atom is -0.488 e. The molecule has 1 N–H and O–H groups in total. The van der Waals surface area contributed by atoms with Crippen LogP contribution in [0, 0.1) is 6.92 Å². The summed E-state index contributed by atoms with van der Waals surface area (Å²) in [5, 5.41) is 2.84. The van der Waals surface area contributed by atoms with Gasteiger partial charge in [0.05, 0.1) is 13.2 Å². The van der Waals surface area contributed by atoms with Crippen molar-refractivity contribution >= 4 is 11.8 Å². The average Bonchev–Trinajstić information content (AvgIpc) is 3.12. The summed E-state index contributed by atoms with van der Waals surface area (Å²) in [6.07, 6.45) is 0.208. The van der Waals surface area contributed by atoms with E-state index < -0.39 is 6.04 Å². The Balaban J connectivity index is 1.76. The highest BCUT2D eigenvalue weighted by Crippen LogP contribution is 2.25. The van der Waals surface area contributed by atoms with Crippen LogP contribution in [0.1, 0.15) is 22.3 Å². The zero-order chi connectivity index (χ0) is 19.9. The first-order valence-electron chi connectivity index (χ1n) is 9.44. The molecule has 1 saturated heterocycles. The van der Waals surface area contributed by atoms with Crippen molar-refractivity contribution < 1.29 is 19.1 Å². The highest BCUT2D eigenvalue weighted by molar-refractivity contribution is 5.98. The highest BCUT2D eigenvalue weighted by Gasteiger charge is 2.41. The molecular formula is C22H26N2O4. The number of benzene rings is 2. The first-order valence-corrected chi connectivity index (χ1v) is 9.44. The van der Waals surface area contributed by atoms with Crippen LogP contribution in [0.2, 0.25) is 0 Å². The Labute approximate surface area is 165 Å². The van der Waals surface area contributed by atoms with Gasteiger partial charge in [0.2, 0.25) is 5.91 Å². The second-order valence-corrected chi connectivity index (χ2v) is 6.92. The third-order valence-corrected chi connectivity index (χ3v) is 4.74. The molecule has 3 rings (SSSR count). The van der Waals surface area contributed by atoms with Crippen molar-refractivity contribution in [2.24, 2.45) is 0 Å². The van der Waals surface area contributed by atoms with Gasteiger partial charge in [-0.2, -0.15) is 0 Å². The van der Waals surface area contributed by atoms with E-state index in [1.165, 1.54) is 0 Å². The molecule has 2 aromatic carbocycles. The third-order valence-electron chi connectivity index (χ3n) is 4.74. The van der Waals surface area contributed by atoms with E-state index >= 15 is 0 Å². The van der Waals surface area contributed by atoms with Gasteiger partial charge in [-0.15, -0.1) is 0 Å². The molecule has 0 aromatic heterocycles. The predicted octanol–water partition coefficient (Wildman–Crippen LogP) is 2.42. The van der Waals surface area contributed by atoms with Crippen LogP contribution in [-0.4, -0.2) is 55.7 Å². The van der Waals surface area contributed by atoms with E-state index in [0.717, 1.165) is 11.3 Å². The Morgan fingerprint density at radius 2 is 1.93 bits per heavy atom. The monoisotopic (exact) mass is 382 g/mol. The lowest BCUT2D eigenvalue weighted by Crippen LogP contribution is -2.46. The molecule has 1 heterocycles. The van der Waals surface area contributed by atoms with Crippen molar-refractivity contribution in [2.75, 3.05) is 26.8 Å². The summed E-state index contributed by atoms with van der Waals surface area (Å²) in [4.78, 5) is 27.4. The minimum absolute atomic E-state index is 0.158. The average molecular weight is 382 g/mol. The molecule has 0 spiro atoms. The van der Waals surface area contributed by atoms with Crippen LogP contribution in [0.3, 0.4) is 0 Å². The van der Waals surface area contributed by atoms with Crippen LogP contribution in [0.25, 0.3) is 0 Å². The molecule has 0 unspecified atom stereocenters. The lowest BCUT2D eigenvalue weighted by molar-refractivity contribution is -0.125. The lowest BCUT2D eigenvalue weighted by Gasteiger charge is -2.23. The summed E-state index contributed by atoms with van der Waals surface area (Å²) in [7, 11) is 1.58. The zero-order valence-corrected chi connectivity index (χ0v) is 16.3. The number of amides is 2. The molecule has 6 nitrogen and oxygen atoms in total. The van der Waals surface area contributed by atoms with Gasteiger partial charge in [0.25, 0.3) is 5.91 Å². The molecule has 6 heteroatoms. The van der Waals surface area contributed by atoms with E-state index in [4.69, 9.17) is 9.47 Å². The van der Waals surface area contributed by atoms with Gasteiger partial charge in [-0.3, -0.25) is 9.59 Å². The van der Waals surface area contributed by atoms with Crippen LogP contribution in [0.5, 0.6) is 5.75 Å². The van der Waals surface area contributed by atoms with E-state index in [-0.39, 0.29) is 17.9 Å². The number of ether oxygens (including phenoxy) is 2. The molecule has 2 amide bonds. The second kappa shape index (κ2) is 9.37. The number of rotatable bonds is 7. The summed E-state index contributed by atoms with van der Waals surface area (Å²) in [6, 6.07) is 16.3. The largest absolute Gasteiger partial charge is 0.488 e. The van der Waals surface area contributed by atoms with E-state index in [0.29, 0.717) is 31.7 Å². The smallest absolute Gasteiger partial charge is 0.254 e. The maximum atomic E-state index is 13.1. The fourth-order valence-corrected chi connectivity index (χ4v) is 3.39. The Morgan fingerprint density at radius 1 is 1.14 bits per heavy atom. The van der Waals surface area contributed by atoms with Crippen molar-refractivity contribution in [3.8, 4) is 5.75 Å². The van der Waals surface area contributed by atoms with Gasteiger partial charge < -0.3 is 19.7 Å². The Kier molecular flexibility index (Phi) is 6.66. The second-order valence-electron chi connectivity index (χ2n) is 6.92. The number of nitrogens with zero attached hydrogens (tertiary/aromatic N) is 1. The summed E-state index contributed by atoms with van der Waals surface area (Å²) < 4.78 is 11.0. The fraction of sp³-hybridized carbons (Fsp3) is 0.364. The number of para-hydroxylation sites is 1. The van der Waals surface area contributed by atoms with Crippen molar-refractivity contribution in [3.05, 3.63) is 65.7 Å². The topological polar surface area (TPSA) is 67.9 Å². The predicted molar refractivity (Wildman–Crippen MR) is 106 cm³/mol. The summed E-state index contributed by atoms with van der Waals surface area (Å²) in [5.74, 6) is 0.392. The normalized spacial score (nSPS) is 18.7. The molecule has 1 fully saturated rings. The molecule has 2 aromatic rings. The summed E-state index contributed by atoms with van der Waals surface area (Å²) in [5.41, 5.74) is 1.58. The molecule has 2 atom stereocenters. The quantitative estimate of drug-likeness (QED) is 0.747. The molecule has 0 bridgehead atoms. The fourth-order valence-electron chi connectivity index (χ4n) is 3.39. The Hall–Kier alpha value is -2.86. The molecule has 148 valence electrons. The van der Waals surface area contributed by atoms with E-state index in [1.807, 2.05) is 55.5 Å². The molecular weight excluding hydrogens is 356 g/mol. The standard InChI is InChI=1S/C22H26N2O4/c1-16-7-6-8-17(13-16)22(26)24-15-19(28-18-9-4-3-5-10-18)14-20(24)21(25)23-11-12-27-2/h3-10,13,19-20H,11-12,14-15H2,1-2H3,(H,23,25)/t19-,20+/m0/s1. The number of carbonyl (C=O) groups excluding carboxylic acids is 2. The van der Waals surface area contributed by atoms with Gasteiger partial charge in [0.1, 0.15) is 17.9 Å². The molecule has 28 heavy (non-hydrogen) atoms. The number of methoxy groups -OCH3 is 1. The van der Waals surface area contributed by atoms with Crippen LogP contribution in [0.4, 0.5) is 0 Å². The third kappa shape index (κ3) is 4.89. The number of hydrogen-bond acceptors (Lipinski definition) is 4. The Morgan fingerprint density at radius 3 is 2.64 bits per heavy atom. The van der Waals surface area contributed by atoms with E-state index in [2.05, 4.69) is 5.32 Å². The van der Waals surface area contributed by atoms with Gasteiger partial charge >= 0.3 is 0 Å². The number of aryl methyl sites for hydroxylation is 1. The highest BCUT2D eigenvalue weighted by atomic mass is 16.5. The number of carbonyl (C=O) groups is 2. The number of nitrogens with one attached hydrogen (secondary N) is 1. The maximum Gasteiger partial charge on any atom is 0.254 e. The SMILES string of the molecule is COCCNC(=O)[C@H]1C[C@H](Oc2ccccc2)CN1C(=O)c1cccc(C)c1. The number of likely N-dealkylation sites (tertiary alicyclic amines) is 1. The van der Waals surface area contributed by atoms with Crippen molar-refractivity contribution in [2.45, 2.75) is 25.5 Å². The van der Waals surface area contributed by atoms with Crippen LogP contribution < -0.4 is 10.1 Å². The zero-order valence-electron chi connectivity index (χ0n) is 16.3. The van der Waals surface area contributed by atoms with Crippen molar-refractivity contribution in [1.82, 2.24) is 10.2 Å². The van der Waals surface area contributed by atoms with E-state index in [9.17, 15) is 9.59 Å². The summed E-state index contributed by atoms with van der Waals surface area (Å²) >= 11 is 0. The van der Waals surface area contributed by atoms with Gasteiger partial charge in [-0.1, -0.05) is 35.9 Å². The molecule has 1 aliphatic rings. The molecule has 1 aliphatic heterocycles. The van der Waals surface area contributed by atoms with Crippen molar-refractivity contribution in [1.29, 1.82) is 0 Å². The van der Waals surface area contributed by atoms with Gasteiger partial charge in [0.15, 0.2) is 0 Å². The van der Waals surface area contributed by atoms with Crippen LogP contribution >= 0.6 is 0 Å². The van der Waals surface area contributed by atoms with E-state index in [1.54, 1.807) is 18.1 Å². The minimum atomic E-state index is -0.571. The maximum absolute atomic E-state index is 13.1. The first kappa shape index (κ1) is 19.9. The molecule has 0 aliphatic carbocycles. The van der Waals surface area contributed by atoms with Crippen molar-refractivity contribution in [3.63, 3.8) is 0 Å². The lowest BCUT2D eigenvalue weighted by atomic mass is 10.1. The molecule has 0 radical (unpaired) electrons. The summed E-state index contributed by atoms with van der Waals surface area (Å²) in [6.45, 7) is 3.14. The van der Waals surface area contributed by atoms with Gasteiger partial charge in [-0.25, -0.2) is 0 Å². The first-order chi connectivity index (χ1) is 13.6. The Bertz CT molecular complexity index is 809. The molecule has 0 saturated carbocycles. The van der Waals surface area contributed by atoms with Gasteiger partial charge in [-0.05, 0) is 31.2 Å². The van der Waals surface area contributed by atoms with Gasteiger partial charge in [0, 0.05) is 25.6 Å². The van der Waals surface area contributed by atoms with Crippen LogP contribution in [0.15, 0.2) is 54.6 Å².